The number of nitrogens with zero attached hydrogens (tertiary/aromatic N) is 4. The van der Waals surface area contributed by atoms with E-state index >= 15 is 0 Å². The molecule has 96 valence electrons. The molecule has 6 nitrogen and oxygen atoms in total. The van der Waals surface area contributed by atoms with Crippen molar-refractivity contribution in [3.05, 3.63) is 29.0 Å². The van der Waals surface area contributed by atoms with Crippen LogP contribution in [0.3, 0.4) is 0 Å². The van der Waals surface area contributed by atoms with Crippen LogP contribution in [0, 0.1) is 6.92 Å². The molecule has 0 aromatic carbocycles. The molecule has 0 amide bonds. The Morgan fingerprint density at radius 1 is 1.42 bits per heavy atom. The zero-order valence-electron chi connectivity index (χ0n) is 10.3. The summed E-state index contributed by atoms with van der Waals surface area (Å²) in [4.78, 5) is 20.7. The molecule has 0 aliphatic rings. The lowest BCUT2D eigenvalue weighted by atomic mass is 10.2. The van der Waals surface area contributed by atoms with Crippen molar-refractivity contribution in [3.8, 4) is 11.4 Å². The van der Waals surface area contributed by atoms with E-state index in [-0.39, 0.29) is 4.88 Å². The minimum atomic E-state index is -0.948. The Hall–Kier alpha value is -2.28. The molecule has 0 radical (unpaired) electrons. The first-order valence-electron chi connectivity index (χ1n) is 5.56. The van der Waals surface area contributed by atoms with Crippen molar-refractivity contribution < 1.29 is 9.90 Å². The predicted octanol–water partition coefficient (Wildman–Crippen LogP) is 2.10. The fourth-order valence-corrected chi connectivity index (χ4v) is 2.85. The summed E-state index contributed by atoms with van der Waals surface area (Å²) in [6, 6.07) is 3.46. The van der Waals surface area contributed by atoms with Gasteiger partial charge in [-0.05, 0) is 19.1 Å². The maximum atomic E-state index is 11.1. The number of aryl methyl sites for hydroxylation is 2. The Labute approximate surface area is 112 Å². The first kappa shape index (κ1) is 11.8. The van der Waals surface area contributed by atoms with Crippen LogP contribution in [0.2, 0.25) is 0 Å². The zero-order valence-corrected chi connectivity index (χ0v) is 11.1. The van der Waals surface area contributed by atoms with Crippen molar-refractivity contribution in [2.45, 2.75) is 6.92 Å². The summed E-state index contributed by atoms with van der Waals surface area (Å²) in [6.07, 6.45) is 1.68. The van der Waals surface area contributed by atoms with E-state index in [1.54, 1.807) is 23.9 Å². The van der Waals surface area contributed by atoms with Crippen LogP contribution in [0.4, 0.5) is 0 Å². The third-order valence-electron chi connectivity index (χ3n) is 2.78. The summed E-state index contributed by atoms with van der Waals surface area (Å²) in [5.74, 6) is -0.334. The molecule has 0 aliphatic carbocycles. The number of hydrogen-bond donors (Lipinski definition) is 1. The zero-order chi connectivity index (χ0) is 13.6. The second-order valence-corrected chi connectivity index (χ2v) is 5.12. The summed E-state index contributed by atoms with van der Waals surface area (Å²) in [6.45, 7) is 1.79. The van der Waals surface area contributed by atoms with Crippen molar-refractivity contribution in [2.75, 3.05) is 0 Å². The van der Waals surface area contributed by atoms with Gasteiger partial charge in [-0.25, -0.2) is 14.8 Å². The molecule has 0 bridgehead atoms. The monoisotopic (exact) mass is 274 g/mol. The lowest BCUT2D eigenvalue weighted by Gasteiger charge is -2.03. The van der Waals surface area contributed by atoms with Gasteiger partial charge in [-0.15, -0.1) is 11.3 Å². The van der Waals surface area contributed by atoms with Crippen LogP contribution in [0.1, 0.15) is 15.5 Å². The van der Waals surface area contributed by atoms with E-state index in [1.807, 2.05) is 13.1 Å². The van der Waals surface area contributed by atoms with Gasteiger partial charge in [-0.1, -0.05) is 0 Å². The highest BCUT2D eigenvalue weighted by Gasteiger charge is 2.16. The molecule has 1 N–H and O–H groups in total. The van der Waals surface area contributed by atoms with Crippen LogP contribution in [0.25, 0.3) is 21.6 Å². The lowest BCUT2D eigenvalue weighted by Crippen LogP contribution is -1.98. The number of rotatable bonds is 2. The van der Waals surface area contributed by atoms with Crippen LogP contribution in [-0.2, 0) is 7.05 Å². The van der Waals surface area contributed by atoms with Gasteiger partial charge in [0.15, 0.2) is 0 Å². The van der Waals surface area contributed by atoms with Crippen molar-refractivity contribution in [2.24, 2.45) is 7.05 Å². The Morgan fingerprint density at radius 3 is 2.84 bits per heavy atom. The highest BCUT2D eigenvalue weighted by atomic mass is 32.1. The molecule has 3 heterocycles. The van der Waals surface area contributed by atoms with Crippen LogP contribution >= 0.6 is 11.3 Å². The SMILES string of the molecule is Cc1nc(-c2ccnn2C)c2cc(C(=O)O)sc2n1. The van der Waals surface area contributed by atoms with Gasteiger partial charge in [0, 0.05) is 18.6 Å². The van der Waals surface area contributed by atoms with Gasteiger partial charge in [0.2, 0.25) is 0 Å². The summed E-state index contributed by atoms with van der Waals surface area (Å²) < 4.78 is 1.71. The van der Waals surface area contributed by atoms with Crippen LogP contribution in [-0.4, -0.2) is 30.8 Å². The largest absolute Gasteiger partial charge is 0.477 e. The second-order valence-electron chi connectivity index (χ2n) is 4.09. The summed E-state index contributed by atoms with van der Waals surface area (Å²) >= 11 is 1.16. The molecule has 0 spiro atoms. The van der Waals surface area contributed by atoms with Crippen molar-refractivity contribution in [1.82, 2.24) is 19.7 Å². The maximum absolute atomic E-state index is 11.1. The molecule has 0 saturated carbocycles. The smallest absolute Gasteiger partial charge is 0.345 e. The average Bonchev–Trinajstić information content (AvgIpc) is 2.93. The van der Waals surface area contributed by atoms with E-state index in [0.29, 0.717) is 16.3 Å². The first-order chi connectivity index (χ1) is 9.06. The number of thiophene rings is 1. The van der Waals surface area contributed by atoms with Crippen molar-refractivity contribution >= 4 is 27.5 Å². The normalized spacial score (nSPS) is 11.1. The first-order valence-corrected chi connectivity index (χ1v) is 6.38. The number of fused-ring (bicyclic) bond motifs is 1. The number of carboxylic acids is 1. The third kappa shape index (κ3) is 1.88. The highest BCUT2D eigenvalue weighted by molar-refractivity contribution is 7.20. The molecular formula is C12H10N4O2S. The van der Waals surface area contributed by atoms with E-state index in [4.69, 9.17) is 5.11 Å². The van der Waals surface area contributed by atoms with E-state index in [1.165, 1.54) is 0 Å². The molecule has 0 unspecified atom stereocenters. The fraction of sp³-hybridized carbons (Fsp3) is 0.167. The van der Waals surface area contributed by atoms with Gasteiger partial charge in [0.25, 0.3) is 0 Å². The minimum absolute atomic E-state index is 0.262. The Kier molecular flexibility index (Phi) is 2.56. The van der Waals surface area contributed by atoms with Gasteiger partial charge in [0.05, 0.1) is 5.69 Å². The van der Waals surface area contributed by atoms with Gasteiger partial charge < -0.3 is 5.11 Å². The van der Waals surface area contributed by atoms with Gasteiger partial charge in [-0.3, -0.25) is 4.68 Å². The van der Waals surface area contributed by atoms with Crippen LogP contribution in [0.5, 0.6) is 0 Å². The minimum Gasteiger partial charge on any atom is -0.477 e. The van der Waals surface area contributed by atoms with Crippen LogP contribution in [0.15, 0.2) is 18.3 Å². The molecule has 19 heavy (non-hydrogen) atoms. The molecule has 3 aromatic rings. The summed E-state index contributed by atoms with van der Waals surface area (Å²) in [5, 5.41) is 13.9. The van der Waals surface area contributed by atoms with Gasteiger partial charge in [-0.2, -0.15) is 5.10 Å². The molecule has 3 rings (SSSR count). The third-order valence-corrected chi connectivity index (χ3v) is 3.80. The van der Waals surface area contributed by atoms with Gasteiger partial charge in [0.1, 0.15) is 21.2 Å². The highest BCUT2D eigenvalue weighted by Crippen LogP contribution is 2.31. The van der Waals surface area contributed by atoms with Crippen LogP contribution < -0.4 is 0 Å². The molecule has 0 aliphatic heterocycles. The quantitative estimate of drug-likeness (QED) is 0.774. The van der Waals surface area contributed by atoms with Crippen molar-refractivity contribution in [1.29, 1.82) is 0 Å². The summed E-state index contributed by atoms with van der Waals surface area (Å²) in [7, 11) is 1.82. The maximum Gasteiger partial charge on any atom is 0.345 e. The Balaban J connectivity index is 2.35. The van der Waals surface area contributed by atoms with E-state index in [9.17, 15) is 4.79 Å². The Bertz CT molecular complexity index is 790. The number of carbonyl (C=O) groups is 1. The number of carboxylic acid groups (broad SMARTS) is 1. The summed E-state index contributed by atoms with van der Waals surface area (Å²) in [5.41, 5.74) is 1.55. The Morgan fingerprint density at radius 2 is 2.21 bits per heavy atom. The average molecular weight is 274 g/mol. The second kappa shape index (κ2) is 4.13. The molecule has 0 fully saturated rings. The molecule has 3 aromatic heterocycles. The standard InChI is InChI=1S/C12H10N4O2S/c1-6-14-10(8-3-4-13-16(8)2)7-5-9(12(17)18)19-11(7)15-6/h3-5H,1-2H3,(H,17,18). The molecule has 7 heteroatoms. The van der Waals surface area contributed by atoms with E-state index in [0.717, 1.165) is 22.4 Å². The topological polar surface area (TPSA) is 80.9 Å². The predicted molar refractivity (Wildman–Crippen MR) is 71.3 cm³/mol. The number of aromatic carboxylic acids is 1. The van der Waals surface area contributed by atoms with Gasteiger partial charge >= 0.3 is 5.97 Å². The lowest BCUT2D eigenvalue weighted by molar-refractivity contribution is 0.0702. The number of hydrogen-bond acceptors (Lipinski definition) is 5. The molecular weight excluding hydrogens is 264 g/mol. The molecule has 0 saturated heterocycles. The van der Waals surface area contributed by atoms with E-state index in [2.05, 4.69) is 15.1 Å². The van der Waals surface area contributed by atoms with E-state index < -0.39 is 5.97 Å². The number of aromatic nitrogens is 4. The fourth-order valence-electron chi connectivity index (χ4n) is 1.93. The van der Waals surface area contributed by atoms with Crippen molar-refractivity contribution in [3.63, 3.8) is 0 Å². The molecule has 0 atom stereocenters.